The van der Waals surface area contributed by atoms with E-state index in [1.807, 2.05) is 4.90 Å². The first kappa shape index (κ1) is 20.8. The van der Waals surface area contributed by atoms with Gasteiger partial charge >= 0.3 is 12.1 Å². The van der Waals surface area contributed by atoms with E-state index in [9.17, 15) is 18.0 Å². The number of hydrogen-bond acceptors (Lipinski definition) is 7. The molecule has 0 spiro atoms. The molecule has 0 bridgehead atoms. The third-order valence-corrected chi connectivity index (χ3v) is 4.60. The van der Waals surface area contributed by atoms with E-state index in [1.54, 1.807) is 0 Å². The summed E-state index contributed by atoms with van der Waals surface area (Å²) in [5.41, 5.74) is -0.383. The third-order valence-electron chi connectivity index (χ3n) is 4.43. The fraction of sp³-hybridized carbons (Fsp3) is 0.333. The van der Waals surface area contributed by atoms with Gasteiger partial charge in [-0.1, -0.05) is 6.07 Å². The van der Waals surface area contributed by atoms with Crippen molar-refractivity contribution in [3.63, 3.8) is 0 Å². The lowest BCUT2D eigenvalue weighted by atomic mass is 9.96. The average molecular weight is 428 g/mol. The second kappa shape index (κ2) is 8.24. The first-order valence-corrected chi connectivity index (χ1v) is 8.93. The first-order chi connectivity index (χ1) is 13.7. The van der Waals surface area contributed by atoms with Gasteiger partial charge in [0.1, 0.15) is 11.6 Å². The molecule has 11 heteroatoms. The Balaban J connectivity index is 1.84. The van der Waals surface area contributed by atoms with Crippen molar-refractivity contribution in [1.29, 1.82) is 5.41 Å². The summed E-state index contributed by atoms with van der Waals surface area (Å²) < 4.78 is 43.5. The van der Waals surface area contributed by atoms with E-state index >= 15 is 0 Å². The van der Waals surface area contributed by atoms with Crippen molar-refractivity contribution in [3.05, 3.63) is 40.7 Å². The molecule has 0 aliphatic carbocycles. The molecule has 2 heterocycles. The Hall–Kier alpha value is -2.88. The van der Waals surface area contributed by atoms with Gasteiger partial charge in [0.15, 0.2) is 0 Å². The SMILES string of the molecule is COC(=O)CC1CN(c2nc(Cl)nc(Nc3cccc(C(F)(F)F)c3)c2C=N)C1. The number of halogens is 4. The first-order valence-electron chi connectivity index (χ1n) is 8.55. The second-order valence-electron chi connectivity index (χ2n) is 6.48. The smallest absolute Gasteiger partial charge is 0.416 e. The van der Waals surface area contributed by atoms with E-state index in [-0.39, 0.29) is 40.7 Å². The Morgan fingerprint density at radius 2 is 2.14 bits per heavy atom. The highest BCUT2D eigenvalue weighted by Gasteiger charge is 2.33. The number of nitrogens with one attached hydrogen (secondary N) is 2. The van der Waals surface area contributed by atoms with Crippen molar-refractivity contribution >= 4 is 41.1 Å². The van der Waals surface area contributed by atoms with Crippen molar-refractivity contribution in [2.45, 2.75) is 12.6 Å². The van der Waals surface area contributed by atoms with Crippen molar-refractivity contribution in [2.24, 2.45) is 5.92 Å². The van der Waals surface area contributed by atoms with Crippen LogP contribution in [-0.4, -0.2) is 42.4 Å². The maximum Gasteiger partial charge on any atom is 0.416 e. The molecule has 0 amide bonds. The number of hydrogen-bond donors (Lipinski definition) is 2. The van der Waals surface area contributed by atoms with Gasteiger partial charge in [-0.2, -0.15) is 23.1 Å². The number of rotatable bonds is 6. The lowest BCUT2D eigenvalue weighted by Crippen LogP contribution is -2.48. The van der Waals surface area contributed by atoms with Crippen LogP contribution in [0.2, 0.25) is 5.28 Å². The molecule has 1 aliphatic rings. The van der Waals surface area contributed by atoms with Crippen LogP contribution in [-0.2, 0) is 15.7 Å². The summed E-state index contributed by atoms with van der Waals surface area (Å²) in [6.07, 6.45) is -3.21. The molecule has 0 atom stereocenters. The van der Waals surface area contributed by atoms with E-state index in [2.05, 4.69) is 20.0 Å². The van der Waals surface area contributed by atoms with Crippen LogP contribution in [0.1, 0.15) is 17.5 Å². The van der Waals surface area contributed by atoms with Gasteiger partial charge < -0.3 is 20.4 Å². The third kappa shape index (κ3) is 4.76. The molecule has 1 saturated heterocycles. The van der Waals surface area contributed by atoms with Gasteiger partial charge in [0.05, 0.1) is 24.7 Å². The van der Waals surface area contributed by atoms with Gasteiger partial charge in [-0.05, 0) is 29.8 Å². The summed E-state index contributed by atoms with van der Waals surface area (Å²) in [6.45, 7) is 1.01. The van der Waals surface area contributed by atoms with Crippen LogP contribution >= 0.6 is 11.6 Å². The predicted octanol–water partition coefficient (Wildman–Crippen LogP) is 3.89. The van der Waals surface area contributed by atoms with E-state index in [4.69, 9.17) is 17.0 Å². The van der Waals surface area contributed by atoms with Crippen LogP contribution in [0.15, 0.2) is 24.3 Å². The summed E-state index contributed by atoms with van der Waals surface area (Å²) in [4.78, 5) is 21.4. The topological polar surface area (TPSA) is 91.2 Å². The highest BCUT2D eigenvalue weighted by molar-refractivity contribution is 6.28. The number of esters is 1. The molecule has 1 aliphatic heterocycles. The number of carbonyl (C=O) groups is 1. The Bertz CT molecular complexity index is 932. The number of aromatic nitrogens is 2. The maximum absolute atomic E-state index is 12.9. The minimum absolute atomic E-state index is 0.0784. The number of nitrogens with zero attached hydrogens (tertiary/aromatic N) is 3. The molecule has 0 saturated carbocycles. The molecule has 7 nitrogen and oxygen atoms in total. The number of anilines is 3. The molecule has 1 aromatic carbocycles. The zero-order chi connectivity index (χ0) is 21.2. The van der Waals surface area contributed by atoms with Crippen molar-refractivity contribution < 1.29 is 22.7 Å². The van der Waals surface area contributed by atoms with E-state index in [1.165, 1.54) is 19.2 Å². The highest BCUT2D eigenvalue weighted by Crippen LogP contribution is 2.34. The quantitative estimate of drug-likeness (QED) is 0.413. The van der Waals surface area contributed by atoms with Crippen LogP contribution in [0.3, 0.4) is 0 Å². The second-order valence-corrected chi connectivity index (χ2v) is 6.82. The van der Waals surface area contributed by atoms with Gasteiger partial charge in [0.2, 0.25) is 5.28 Å². The van der Waals surface area contributed by atoms with Crippen molar-refractivity contribution in [2.75, 3.05) is 30.4 Å². The van der Waals surface area contributed by atoms with Gasteiger partial charge in [0.25, 0.3) is 0 Å². The molecule has 0 radical (unpaired) electrons. The molecular formula is C18H17ClF3N5O2. The zero-order valence-corrected chi connectivity index (χ0v) is 16.0. The van der Waals surface area contributed by atoms with E-state index in [0.29, 0.717) is 18.9 Å². The minimum Gasteiger partial charge on any atom is -0.469 e. The Morgan fingerprint density at radius 1 is 1.41 bits per heavy atom. The molecule has 2 N–H and O–H groups in total. The molecule has 29 heavy (non-hydrogen) atoms. The van der Waals surface area contributed by atoms with Gasteiger partial charge in [-0.15, -0.1) is 0 Å². The molecule has 2 aromatic rings. The molecule has 154 valence electrons. The number of methoxy groups -OCH3 is 1. The molecule has 0 unspecified atom stereocenters. The Morgan fingerprint density at radius 3 is 2.76 bits per heavy atom. The summed E-state index contributed by atoms with van der Waals surface area (Å²) in [6, 6.07) is 4.63. The van der Waals surface area contributed by atoms with Crippen LogP contribution in [0, 0.1) is 11.3 Å². The Labute approximate surface area is 169 Å². The molecule has 1 aromatic heterocycles. The summed E-state index contributed by atoms with van der Waals surface area (Å²) in [7, 11) is 1.32. The lowest BCUT2D eigenvalue weighted by Gasteiger charge is -2.40. The van der Waals surface area contributed by atoms with Crippen LogP contribution < -0.4 is 10.2 Å². The minimum atomic E-state index is -4.48. The standard InChI is InChI=1S/C18H17ClF3N5O2/c1-29-14(28)5-10-8-27(9-10)16-13(7-23)15(25-17(19)26-16)24-12-4-2-3-11(6-12)18(20,21)22/h2-4,6-7,10,23H,5,8-9H2,1H3,(H,24,25,26). The number of benzene rings is 1. The fourth-order valence-electron chi connectivity index (χ4n) is 3.00. The highest BCUT2D eigenvalue weighted by atomic mass is 35.5. The number of ether oxygens (including phenoxy) is 1. The summed E-state index contributed by atoms with van der Waals surface area (Å²) in [5.74, 6) is 0.255. The van der Waals surface area contributed by atoms with Crippen LogP contribution in [0.4, 0.5) is 30.5 Å². The van der Waals surface area contributed by atoms with Gasteiger partial charge in [-0.3, -0.25) is 4.79 Å². The predicted molar refractivity (Wildman–Crippen MR) is 102 cm³/mol. The van der Waals surface area contributed by atoms with E-state index < -0.39 is 11.7 Å². The summed E-state index contributed by atoms with van der Waals surface area (Å²) >= 11 is 6.00. The normalized spacial score (nSPS) is 14.3. The largest absolute Gasteiger partial charge is 0.469 e. The molecule has 3 rings (SSSR count). The molecule has 1 fully saturated rings. The number of carbonyl (C=O) groups excluding carboxylic acids is 1. The molecular weight excluding hydrogens is 411 g/mol. The van der Waals surface area contributed by atoms with Gasteiger partial charge in [0, 0.05) is 30.9 Å². The van der Waals surface area contributed by atoms with Crippen LogP contribution in [0.25, 0.3) is 0 Å². The average Bonchev–Trinajstić information content (AvgIpc) is 2.63. The Kier molecular flexibility index (Phi) is 5.92. The lowest BCUT2D eigenvalue weighted by molar-refractivity contribution is -0.142. The van der Waals surface area contributed by atoms with Crippen molar-refractivity contribution in [1.82, 2.24) is 9.97 Å². The van der Waals surface area contributed by atoms with Gasteiger partial charge in [-0.25, -0.2) is 0 Å². The van der Waals surface area contributed by atoms with E-state index in [0.717, 1.165) is 18.3 Å². The summed E-state index contributed by atoms with van der Waals surface area (Å²) in [5, 5.41) is 10.4. The zero-order valence-electron chi connectivity index (χ0n) is 15.3. The number of alkyl halides is 3. The maximum atomic E-state index is 12.9. The van der Waals surface area contributed by atoms with Crippen LogP contribution in [0.5, 0.6) is 0 Å². The fourth-order valence-corrected chi connectivity index (χ4v) is 3.17. The van der Waals surface area contributed by atoms with Crippen molar-refractivity contribution in [3.8, 4) is 0 Å². The monoisotopic (exact) mass is 427 g/mol.